The highest BCUT2D eigenvalue weighted by Crippen LogP contribution is 2.15. The second-order valence-corrected chi connectivity index (χ2v) is 4.82. The van der Waals surface area contributed by atoms with Crippen LogP contribution in [0.2, 0.25) is 0 Å². The maximum absolute atomic E-state index is 12.1. The van der Waals surface area contributed by atoms with E-state index >= 15 is 0 Å². The molecule has 116 valence electrons. The van der Waals surface area contributed by atoms with Crippen molar-refractivity contribution in [2.45, 2.75) is 13.0 Å². The minimum Gasteiger partial charge on any atom is -0.449 e. The van der Waals surface area contributed by atoms with E-state index in [1.54, 1.807) is 36.4 Å². The molecule has 1 atom stereocenters. The van der Waals surface area contributed by atoms with Crippen molar-refractivity contribution < 1.29 is 14.3 Å². The van der Waals surface area contributed by atoms with Crippen LogP contribution in [0.15, 0.2) is 48.5 Å². The molecule has 0 unspecified atom stereocenters. The monoisotopic (exact) mass is 309 g/mol. The number of nitrogens with two attached hydrogens (primary N) is 1. The molecule has 0 saturated carbocycles. The van der Waals surface area contributed by atoms with E-state index in [0.717, 1.165) is 0 Å². The summed E-state index contributed by atoms with van der Waals surface area (Å²) in [5.74, 6) is -1.14. The van der Waals surface area contributed by atoms with Crippen LogP contribution in [0.5, 0.6) is 0 Å². The number of esters is 1. The van der Waals surface area contributed by atoms with E-state index in [0.29, 0.717) is 22.5 Å². The van der Waals surface area contributed by atoms with Crippen LogP contribution in [-0.2, 0) is 9.53 Å². The van der Waals surface area contributed by atoms with Gasteiger partial charge in [0.25, 0.3) is 5.91 Å². The fraction of sp³-hybridized carbons (Fsp3) is 0.118. The van der Waals surface area contributed by atoms with Crippen LogP contribution >= 0.6 is 0 Å². The van der Waals surface area contributed by atoms with Crippen LogP contribution in [-0.4, -0.2) is 18.0 Å². The van der Waals surface area contributed by atoms with E-state index in [-0.39, 0.29) is 0 Å². The fourth-order valence-electron chi connectivity index (χ4n) is 1.83. The van der Waals surface area contributed by atoms with Gasteiger partial charge in [0.2, 0.25) is 0 Å². The van der Waals surface area contributed by atoms with Gasteiger partial charge in [-0.25, -0.2) is 4.79 Å². The smallest absolute Gasteiger partial charge is 0.338 e. The maximum Gasteiger partial charge on any atom is 0.338 e. The Balaban J connectivity index is 2.01. The predicted molar refractivity (Wildman–Crippen MR) is 85.5 cm³/mol. The number of hydrogen-bond acceptors (Lipinski definition) is 5. The summed E-state index contributed by atoms with van der Waals surface area (Å²) in [6, 6.07) is 14.7. The average Bonchev–Trinajstić information content (AvgIpc) is 2.55. The Labute approximate surface area is 133 Å². The number of rotatable bonds is 4. The van der Waals surface area contributed by atoms with E-state index in [1.807, 2.05) is 6.07 Å². The first-order valence-electron chi connectivity index (χ1n) is 6.88. The standard InChI is InChI=1S/C17H15N3O3/c1-11(23-17(22)12-6-8-14(19)9-7-12)16(21)20-15-5-3-2-4-13(15)10-18/h2-9,11H,19H2,1H3,(H,20,21)/t11-/m1/s1. The van der Waals surface area contributed by atoms with Gasteiger partial charge >= 0.3 is 5.97 Å². The molecule has 0 fully saturated rings. The van der Waals surface area contributed by atoms with Crippen LogP contribution in [0.25, 0.3) is 0 Å². The average molecular weight is 309 g/mol. The van der Waals surface area contributed by atoms with Gasteiger partial charge in [0.05, 0.1) is 16.8 Å². The van der Waals surface area contributed by atoms with Crippen LogP contribution in [0.4, 0.5) is 11.4 Å². The minimum atomic E-state index is -1.01. The summed E-state index contributed by atoms with van der Waals surface area (Å²) in [4.78, 5) is 24.0. The number of amides is 1. The van der Waals surface area contributed by atoms with Crippen LogP contribution in [0.1, 0.15) is 22.8 Å². The van der Waals surface area contributed by atoms with Gasteiger partial charge in [-0.15, -0.1) is 0 Å². The Bertz CT molecular complexity index is 763. The molecule has 6 heteroatoms. The van der Waals surface area contributed by atoms with Gasteiger partial charge in [-0.05, 0) is 43.3 Å². The lowest BCUT2D eigenvalue weighted by Crippen LogP contribution is -2.30. The molecule has 0 bridgehead atoms. The second kappa shape index (κ2) is 7.09. The maximum atomic E-state index is 12.1. The van der Waals surface area contributed by atoms with Crippen molar-refractivity contribution in [3.63, 3.8) is 0 Å². The van der Waals surface area contributed by atoms with Crippen molar-refractivity contribution in [3.8, 4) is 6.07 Å². The molecule has 0 radical (unpaired) electrons. The molecule has 1 amide bonds. The summed E-state index contributed by atoms with van der Waals surface area (Å²) in [7, 11) is 0. The number of nitriles is 1. The summed E-state index contributed by atoms with van der Waals surface area (Å²) >= 11 is 0. The summed E-state index contributed by atoms with van der Waals surface area (Å²) in [5, 5.41) is 11.6. The van der Waals surface area contributed by atoms with Crippen molar-refractivity contribution in [1.29, 1.82) is 5.26 Å². The molecule has 0 aliphatic rings. The molecule has 0 aliphatic carbocycles. The summed E-state index contributed by atoms with van der Waals surface area (Å²) < 4.78 is 5.11. The Morgan fingerprint density at radius 3 is 2.48 bits per heavy atom. The number of ether oxygens (including phenoxy) is 1. The third-order valence-electron chi connectivity index (χ3n) is 3.10. The van der Waals surface area contributed by atoms with Crippen LogP contribution in [0.3, 0.4) is 0 Å². The quantitative estimate of drug-likeness (QED) is 0.666. The number of para-hydroxylation sites is 1. The van der Waals surface area contributed by atoms with Gasteiger partial charge in [0.1, 0.15) is 6.07 Å². The van der Waals surface area contributed by atoms with E-state index in [9.17, 15) is 9.59 Å². The first kappa shape index (κ1) is 16.0. The minimum absolute atomic E-state index is 0.302. The first-order valence-corrected chi connectivity index (χ1v) is 6.88. The lowest BCUT2D eigenvalue weighted by molar-refractivity contribution is -0.123. The Hall–Kier alpha value is -3.33. The molecular weight excluding hydrogens is 294 g/mol. The lowest BCUT2D eigenvalue weighted by atomic mass is 10.2. The Morgan fingerprint density at radius 1 is 1.17 bits per heavy atom. The number of hydrogen-bond donors (Lipinski definition) is 2. The molecule has 6 nitrogen and oxygen atoms in total. The lowest BCUT2D eigenvalue weighted by Gasteiger charge is -2.14. The summed E-state index contributed by atoms with van der Waals surface area (Å²) in [6.45, 7) is 1.46. The highest BCUT2D eigenvalue weighted by atomic mass is 16.5. The molecule has 0 saturated heterocycles. The molecule has 3 N–H and O–H groups in total. The number of benzene rings is 2. The SMILES string of the molecule is C[C@@H](OC(=O)c1ccc(N)cc1)C(=O)Nc1ccccc1C#N. The van der Waals surface area contributed by atoms with Crippen molar-refractivity contribution in [2.24, 2.45) is 0 Å². The van der Waals surface area contributed by atoms with Gasteiger partial charge < -0.3 is 15.8 Å². The zero-order valence-corrected chi connectivity index (χ0v) is 12.4. The molecule has 0 spiro atoms. The van der Waals surface area contributed by atoms with Crippen molar-refractivity contribution in [3.05, 3.63) is 59.7 Å². The van der Waals surface area contributed by atoms with E-state index in [4.69, 9.17) is 15.7 Å². The van der Waals surface area contributed by atoms with Crippen molar-refractivity contribution in [1.82, 2.24) is 0 Å². The Morgan fingerprint density at radius 2 is 1.83 bits per heavy atom. The van der Waals surface area contributed by atoms with Gasteiger partial charge in [-0.1, -0.05) is 12.1 Å². The highest BCUT2D eigenvalue weighted by molar-refractivity contribution is 5.98. The molecule has 0 aliphatic heterocycles. The van der Waals surface area contributed by atoms with E-state index in [2.05, 4.69) is 5.32 Å². The fourth-order valence-corrected chi connectivity index (χ4v) is 1.83. The molecule has 23 heavy (non-hydrogen) atoms. The summed E-state index contributed by atoms with van der Waals surface area (Å²) in [5.41, 5.74) is 7.08. The zero-order chi connectivity index (χ0) is 16.8. The largest absolute Gasteiger partial charge is 0.449 e. The van der Waals surface area contributed by atoms with Crippen molar-refractivity contribution >= 4 is 23.3 Å². The van der Waals surface area contributed by atoms with E-state index < -0.39 is 18.0 Å². The van der Waals surface area contributed by atoms with Gasteiger partial charge in [0, 0.05) is 5.69 Å². The van der Waals surface area contributed by atoms with Crippen LogP contribution in [0, 0.1) is 11.3 Å². The Kier molecular flexibility index (Phi) is 4.95. The molecule has 2 rings (SSSR count). The molecular formula is C17H15N3O3. The normalized spacial score (nSPS) is 11.1. The first-order chi connectivity index (χ1) is 11.0. The second-order valence-electron chi connectivity index (χ2n) is 4.82. The van der Waals surface area contributed by atoms with Crippen molar-refractivity contribution in [2.75, 3.05) is 11.1 Å². The van der Waals surface area contributed by atoms with Gasteiger partial charge in [-0.2, -0.15) is 5.26 Å². The van der Waals surface area contributed by atoms with E-state index in [1.165, 1.54) is 19.1 Å². The number of nitrogen functional groups attached to an aromatic ring is 1. The summed E-state index contributed by atoms with van der Waals surface area (Å²) in [6.07, 6.45) is -1.01. The number of carbonyl (C=O) groups excluding carboxylic acids is 2. The number of carbonyl (C=O) groups is 2. The molecule has 0 heterocycles. The number of nitrogens with one attached hydrogen (secondary N) is 1. The highest BCUT2D eigenvalue weighted by Gasteiger charge is 2.19. The molecule has 2 aromatic rings. The van der Waals surface area contributed by atoms with Gasteiger partial charge in [-0.3, -0.25) is 4.79 Å². The zero-order valence-electron chi connectivity index (χ0n) is 12.4. The molecule has 2 aromatic carbocycles. The predicted octanol–water partition coefficient (Wildman–Crippen LogP) is 2.32. The third kappa shape index (κ3) is 4.08. The third-order valence-corrected chi connectivity index (χ3v) is 3.10. The topological polar surface area (TPSA) is 105 Å². The molecule has 0 aromatic heterocycles. The van der Waals surface area contributed by atoms with Gasteiger partial charge in [0.15, 0.2) is 6.10 Å². The number of anilines is 2. The van der Waals surface area contributed by atoms with Crippen LogP contribution < -0.4 is 11.1 Å². The number of nitrogens with zero attached hydrogens (tertiary/aromatic N) is 1.